The van der Waals surface area contributed by atoms with E-state index in [4.69, 9.17) is 5.73 Å². The Bertz CT molecular complexity index is 194. The summed E-state index contributed by atoms with van der Waals surface area (Å²) in [6.45, 7) is 2.08. The zero-order valence-corrected chi connectivity index (χ0v) is 7.21. The van der Waals surface area contributed by atoms with Gasteiger partial charge in [-0.25, -0.2) is 17.5 Å². The van der Waals surface area contributed by atoms with E-state index in [9.17, 15) is 13.2 Å². The highest BCUT2D eigenvalue weighted by atomic mass is 32.2. The fraction of sp³-hybridized carbons (Fsp3) is 0.800. The first-order valence-corrected chi connectivity index (χ1v) is 4.44. The van der Waals surface area contributed by atoms with Gasteiger partial charge >= 0.3 is 6.03 Å². The van der Waals surface area contributed by atoms with Crippen LogP contribution in [-0.2, 0) is 10.9 Å². The van der Waals surface area contributed by atoms with Gasteiger partial charge < -0.3 is 5.73 Å². The van der Waals surface area contributed by atoms with E-state index in [1.54, 1.807) is 0 Å². The standard InChI is InChI=1S/C5H12N2O3S/c1-2-3-4-7(5(6)8)11(9)10/h11H,2-4H2,1H3,(H2,6,8). The fourth-order valence-electron chi connectivity index (χ4n) is 0.580. The summed E-state index contributed by atoms with van der Waals surface area (Å²) in [5.74, 6) is 0. The maximum Gasteiger partial charge on any atom is 0.328 e. The van der Waals surface area contributed by atoms with Gasteiger partial charge in [0.2, 0.25) is 10.9 Å². The second kappa shape index (κ2) is 4.95. The van der Waals surface area contributed by atoms with Crippen molar-refractivity contribution in [2.75, 3.05) is 6.54 Å². The van der Waals surface area contributed by atoms with E-state index in [0.717, 1.165) is 6.42 Å². The van der Waals surface area contributed by atoms with E-state index in [-0.39, 0.29) is 6.54 Å². The van der Waals surface area contributed by atoms with Crippen LogP contribution >= 0.6 is 0 Å². The molecular weight excluding hydrogens is 168 g/mol. The molecule has 0 aromatic rings. The molecule has 0 atom stereocenters. The van der Waals surface area contributed by atoms with E-state index in [0.29, 0.717) is 10.7 Å². The van der Waals surface area contributed by atoms with Crippen molar-refractivity contribution in [2.45, 2.75) is 19.8 Å². The van der Waals surface area contributed by atoms with Gasteiger partial charge in [-0.15, -0.1) is 0 Å². The second-order valence-corrected chi connectivity index (χ2v) is 3.01. The molecule has 0 radical (unpaired) electrons. The van der Waals surface area contributed by atoms with Crippen LogP contribution in [0.25, 0.3) is 0 Å². The molecule has 0 aliphatic heterocycles. The van der Waals surface area contributed by atoms with Crippen LogP contribution in [0, 0.1) is 0 Å². The lowest BCUT2D eigenvalue weighted by molar-refractivity contribution is 0.232. The number of amides is 2. The van der Waals surface area contributed by atoms with Gasteiger partial charge in [0, 0.05) is 6.54 Å². The highest BCUT2D eigenvalue weighted by molar-refractivity contribution is 7.70. The van der Waals surface area contributed by atoms with Crippen LogP contribution in [0.5, 0.6) is 0 Å². The third-order valence-corrected chi connectivity index (χ3v) is 1.97. The van der Waals surface area contributed by atoms with E-state index >= 15 is 0 Å². The first kappa shape index (κ1) is 10.2. The average Bonchev–Trinajstić information content (AvgIpc) is 1.87. The molecular formula is C5H12N2O3S. The number of carbonyl (C=O) groups excluding carboxylic acids is 1. The molecule has 0 heterocycles. The Labute approximate surface area is 67.3 Å². The van der Waals surface area contributed by atoms with Gasteiger partial charge in [0.15, 0.2) is 0 Å². The molecule has 6 heteroatoms. The summed E-state index contributed by atoms with van der Waals surface area (Å²) in [5, 5.41) is 0. The summed E-state index contributed by atoms with van der Waals surface area (Å²) in [6, 6.07) is -0.908. The molecule has 0 saturated carbocycles. The maximum absolute atomic E-state index is 10.4. The summed E-state index contributed by atoms with van der Waals surface area (Å²) >= 11 is 0. The molecule has 0 bridgehead atoms. The lowest BCUT2D eigenvalue weighted by Gasteiger charge is -2.10. The summed E-state index contributed by atoms with van der Waals surface area (Å²) in [7, 11) is -2.86. The lowest BCUT2D eigenvalue weighted by Crippen LogP contribution is -2.35. The van der Waals surface area contributed by atoms with Gasteiger partial charge in [-0.2, -0.15) is 0 Å². The Morgan fingerprint density at radius 1 is 1.55 bits per heavy atom. The van der Waals surface area contributed by atoms with Gasteiger partial charge in [0.25, 0.3) is 0 Å². The van der Waals surface area contributed by atoms with Crippen LogP contribution < -0.4 is 5.73 Å². The van der Waals surface area contributed by atoms with Crippen molar-refractivity contribution >= 4 is 16.9 Å². The van der Waals surface area contributed by atoms with Crippen LogP contribution in [0.3, 0.4) is 0 Å². The van der Waals surface area contributed by atoms with Crippen LogP contribution in [0.1, 0.15) is 19.8 Å². The molecule has 0 fully saturated rings. The molecule has 0 unspecified atom stereocenters. The fourth-order valence-corrected chi connectivity index (χ4v) is 1.05. The molecule has 0 aromatic carbocycles. The van der Waals surface area contributed by atoms with Crippen LogP contribution in [0.2, 0.25) is 0 Å². The first-order valence-electron chi connectivity index (χ1n) is 3.30. The van der Waals surface area contributed by atoms with Gasteiger partial charge in [-0.3, -0.25) is 0 Å². The first-order chi connectivity index (χ1) is 5.09. The summed E-state index contributed by atoms with van der Waals surface area (Å²) in [4.78, 5) is 10.4. The number of hydrogen-bond acceptors (Lipinski definition) is 3. The second-order valence-electron chi connectivity index (χ2n) is 2.05. The Balaban J connectivity index is 4.01. The molecule has 2 N–H and O–H groups in total. The molecule has 0 aromatic heterocycles. The summed E-state index contributed by atoms with van der Waals surface area (Å²) < 4.78 is 21.3. The lowest BCUT2D eigenvalue weighted by atomic mass is 10.3. The van der Waals surface area contributed by atoms with Crippen molar-refractivity contribution in [3.05, 3.63) is 0 Å². The average molecular weight is 180 g/mol. The number of rotatable bonds is 4. The number of thiol groups is 1. The number of hydrogen-bond donors (Lipinski definition) is 2. The molecule has 0 aliphatic carbocycles. The Morgan fingerprint density at radius 2 is 2.09 bits per heavy atom. The topological polar surface area (TPSA) is 80.5 Å². The number of nitrogens with zero attached hydrogens (tertiary/aromatic N) is 1. The minimum atomic E-state index is -2.86. The van der Waals surface area contributed by atoms with E-state index < -0.39 is 16.9 Å². The minimum Gasteiger partial charge on any atom is -0.351 e. The predicted molar refractivity (Wildman–Crippen MR) is 41.5 cm³/mol. The largest absolute Gasteiger partial charge is 0.351 e. The third kappa shape index (κ3) is 3.82. The van der Waals surface area contributed by atoms with Gasteiger partial charge in [-0.05, 0) is 6.42 Å². The monoisotopic (exact) mass is 180 g/mol. The number of carbonyl (C=O) groups is 1. The molecule has 2 amide bonds. The minimum absolute atomic E-state index is 0.185. The zero-order valence-electron chi connectivity index (χ0n) is 6.32. The van der Waals surface area contributed by atoms with Crippen LogP contribution in [-0.4, -0.2) is 25.3 Å². The molecule has 66 valence electrons. The van der Waals surface area contributed by atoms with Crippen molar-refractivity contribution in [1.82, 2.24) is 4.31 Å². The molecule has 0 aliphatic rings. The Morgan fingerprint density at radius 3 is 2.36 bits per heavy atom. The third-order valence-electron chi connectivity index (χ3n) is 1.17. The van der Waals surface area contributed by atoms with Gasteiger partial charge in [0.05, 0.1) is 0 Å². The van der Waals surface area contributed by atoms with E-state index in [1.807, 2.05) is 6.92 Å². The predicted octanol–water partition coefficient (Wildman–Crippen LogP) is -0.306. The maximum atomic E-state index is 10.4. The van der Waals surface area contributed by atoms with Crippen molar-refractivity contribution in [2.24, 2.45) is 5.73 Å². The quantitative estimate of drug-likeness (QED) is 0.582. The molecule has 0 rings (SSSR count). The zero-order chi connectivity index (χ0) is 8.85. The van der Waals surface area contributed by atoms with Crippen molar-refractivity contribution in [3.63, 3.8) is 0 Å². The van der Waals surface area contributed by atoms with E-state index in [1.165, 1.54) is 0 Å². The molecule has 11 heavy (non-hydrogen) atoms. The van der Waals surface area contributed by atoms with Crippen molar-refractivity contribution in [1.29, 1.82) is 0 Å². The normalized spacial score (nSPS) is 10.0. The summed E-state index contributed by atoms with van der Waals surface area (Å²) in [6.07, 6.45) is 1.47. The summed E-state index contributed by atoms with van der Waals surface area (Å²) in [5.41, 5.74) is 4.78. The molecule has 0 spiro atoms. The van der Waals surface area contributed by atoms with E-state index in [2.05, 4.69) is 0 Å². The number of urea groups is 1. The number of primary amides is 1. The van der Waals surface area contributed by atoms with Crippen molar-refractivity contribution in [3.8, 4) is 0 Å². The van der Waals surface area contributed by atoms with Gasteiger partial charge in [-0.1, -0.05) is 13.3 Å². The van der Waals surface area contributed by atoms with Gasteiger partial charge in [0.1, 0.15) is 0 Å². The smallest absolute Gasteiger partial charge is 0.328 e. The number of nitrogens with two attached hydrogens (primary N) is 1. The Kier molecular flexibility index (Phi) is 4.60. The highest BCUT2D eigenvalue weighted by Gasteiger charge is 2.09. The number of unbranched alkanes of at least 4 members (excludes halogenated alkanes) is 1. The SMILES string of the molecule is CCCCN(C(N)=O)[SH](=O)=O. The molecule has 0 saturated heterocycles. The molecule has 5 nitrogen and oxygen atoms in total. The Hall–Kier alpha value is -0.780. The highest BCUT2D eigenvalue weighted by Crippen LogP contribution is 1.93. The van der Waals surface area contributed by atoms with Crippen molar-refractivity contribution < 1.29 is 13.2 Å². The van der Waals surface area contributed by atoms with Crippen LogP contribution in [0.15, 0.2) is 0 Å². The van der Waals surface area contributed by atoms with Crippen LogP contribution in [0.4, 0.5) is 4.79 Å².